The van der Waals surface area contributed by atoms with E-state index in [-0.39, 0.29) is 5.91 Å². The molecule has 0 atom stereocenters. The lowest BCUT2D eigenvalue weighted by Crippen LogP contribution is -2.09. The summed E-state index contributed by atoms with van der Waals surface area (Å²) in [6.45, 7) is 2.28. The third kappa shape index (κ3) is 21.2. The molecule has 0 aliphatic carbocycles. The Kier molecular flexibility index (Phi) is 19.6. The first kappa shape index (κ1) is 23.2. The molecule has 0 aromatic rings. The fourth-order valence-corrected chi connectivity index (χ4v) is 3.08. The van der Waals surface area contributed by atoms with Crippen LogP contribution in [0, 0.1) is 0 Å². The van der Waals surface area contributed by atoms with Gasteiger partial charge in [0.15, 0.2) is 0 Å². The van der Waals surface area contributed by atoms with Gasteiger partial charge < -0.3 is 5.73 Å². The number of hydrogen-bond donors (Lipinski definition) is 1. The van der Waals surface area contributed by atoms with Crippen molar-refractivity contribution in [3.8, 4) is 0 Å². The number of nitrogens with two attached hydrogens (primary N) is 1. The topological polar surface area (TPSA) is 43.1 Å². The van der Waals surface area contributed by atoms with Crippen LogP contribution in [0.3, 0.4) is 0 Å². The molecule has 2 N–H and O–H groups in total. The van der Waals surface area contributed by atoms with Crippen molar-refractivity contribution < 1.29 is 4.79 Å². The number of carbonyl (C=O) groups is 1. The molecule has 0 heterocycles. The molecular weight excluding hydrogens is 294 g/mol. The Balaban J connectivity index is 3.05. The standard InChI is InChI=1S/C22H43NO/c1-2-3-4-5-6-7-8-9-10-11-12-13-14-15-16-17-18-19-20-21-22(23)24/h16-17H,2-15,18-21H2,1H3,(H2,23,24)/b17-16+. The van der Waals surface area contributed by atoms with Gasteiger partial charge in [-0.1, -0.05) is 96.1 Å². The molecular formula is C22H43NO. The van der Waals surface area contributed by atoms with Gasteiger partial charge in [-0.3, -0.25) is 4.79 Å². The first-order valence-corrected chi connectivity index (χ1v) is 10.7. The second kappa shape index (κ2) is 20.3. The number of carbonyl (C=O) groups excluding carboxylic acids is 1. The van der Waals surface area contributed by atoms with E-state index in [1.54, 1.807) is 0 Å². The number of primary amides is 1. The van der Waals surface area contributed by atoms with Gasteiger partial charge in [0.25, 0.3) is 0 Å². The lowest BCUT2D eigenvalue weighted by molar-refractivity contribution is -0.118. The molecule has 0 aliphatic heterocycles. The van der Waals surface area contributed by atoms with E-state index >= 15 is 0 Å². The molecule has 0 aromatic carbocycles. The largest absolute Gasteiger partial charge is 0.370 e. The van der Waals surface area contributed by atoms with Crippen LogP contribution in [0.15, 0.2) is 12.2 Å². The van der Waals surface area contributed by atoms with Crippen molar-refractivity contribution in [3.05, 3.63) is 12.2 Å². The number of allylic oxidation sites excluding steroid dienone is 2. The van der Waals surface area contributed by atoms with Crippen LogP contribution >= 0.6 is 0 Å². The van der Waals surface area contributed by atoms with Crippen LogP contribution in [0.25, 0.3) is 0 Å². The smallest absolute Gasteiger partial charge is 0.217 e. The van der Waals surface area contributed by atoms with Crippen LogP contribution in [0.5, 0.6) is 0 Å². The normalized spacial score (nSPS) is 11.4. The lowest BCUT2D eigenvalue weighted by Gasteiger charge is -2.02. The van der Waals surface area contributed by atoms with Gasteiger partial charge in [-0.15, -0.1) is 0 Å². The molecule has 0 rings (SSSR count). The summed E-state index contributed by atoms with van der Waals surface area (Å²) in [4.78, 5) is 10.6. The molecule has 142 valence electrons. The highest BCUT2D eigenvalue weighted by Crippen LogP contribution is 2.13. The van der Waals surface area contributed by atoms with Crippen molar-refractivity contribution >= 4 is 5.91 Å². The van der Waals surface area contributed by atoms with E-state index < -0.39 is 0 Å². The van der Waals surface area contributed by atoms with Crippen LogP contribution < -0.4 is 5.73 Å². The highest BCUT2D eigenvalue weighted by atomic mass is 16.1. The molecule has 0 aliphatic rings. The van der Waals surface area contributed by atoms with Crippen LogP contribution in [0.2, 0.25) is 0 Å². The number of rotatable bonds is 19. The minimum absolute atomic E-state index is 0.175. The summed E-state index contributed by atoms with van der Waals surface area (Å²) in [6.07, 6.45) is 27.9. The van der Waals surface area contributed by atoms with Crippen molar-refractivity contribution in [2.24, 2.45) is 5.73 Å². The Bertz CT molecular complexity index is 286. The van der Waals surface area contributed by atoms with E-state index in [1.165, 1.54) is 89.9 Å². The van der Waals surface area contributed by atoms with Gasteiger partial charge in [-0.2, -0.15) is 0 Å². The molecule has 0 saturated carbocycles. The number of amides is 1. The van der Waals surface area contributed by atoms with Crippen LogP contribution in [-0.2, 0) is 4.79 Å². The van der Waals surface area contributed by atoms with Gasteiger partial charge in [0.2, 0.25) is 5.91 Å². The van der Waals surface area contributed by atoms with Crippen molar-refractivity contribution in [1.82, 2.24) is 0 Å². The zero-order chi connectivity index (χ0) is 17.7. The number of hydrogen-bond acceptors (Lipinski definition) is 1. The Morgan fingerprint density at radius 2 is 1.00 bits per heavy atom. The zero-order valence-corrected chi connectivity index (χ0v) is 16.4. The average Bonchev–Trinajstić information content (AvgIpc) is 2.56. The second-order valence-corrected chi connectivity index (χ2v) is 7.21. The third-order valence-corrected chi connectivity index (χ3v) is 4.68. The second-order valence-electron chi connectivity index (χ2n) is 7.21. The molecule has 1 amide bonds. The maximum absolute atomic E-state index is 10.6. The Hall–Kier alpha value is -0.790. The van der Waals surface area contributed by atoms with E-state index in [1.807, 2.05) is 0 Å². The Morgan fingerprint density at radius 3 is 1.42 bits per heavy atom. The summed E-state index contributed by atoms with van der Waals surface area (Å²) in [5.74, 6) is -0.175. The van der Waals surface area contributed by atoms with Crippen molar-refractivity contribution in [1.29, 1.82) is 0 Å². The van der Waals surface area contributed by atoms with Crippen molar-refractivity contribution in [2.45, 2.75) is 122 Å². The van der Waals surface area contributed by atoms with Crippen LogP contribution in [-0.4, -0.2) is 5.91 Å². The van der Waals surface area contributed by atoms with E-state index in [0.29, 0.717) is 6.42 Å². The van der Waals surface area contributed by atoms with Crippen LogP contribution in [0.1, 0.15) is 122 Å². The van der Waals surface area contributed by atoms with E-state index in [0.717, 1.165) is 19.3 Å². The predicted molar refractivity (Wildman–Crippen MR) is 107 cm³/mol. The molecule has 24 heavy (non-hydrogen) atoms. The summed E-state index contributed by atoms with van der Waals surface area (Å²) < 4.78 is 0. The monoisotopic (exact) mass is 337 g/mol. The van der Waals surface area contributed by atoms with E-state index in [2.05, 4.69) is 19.1 Å². The van der Waals surface area contributed by atoms with Crippen molar-refractivity contribution in [2.75, 3.05) is 0 Å². The minimum Gasteiger partial charge on any atom is -0.370 e. The van der Waals surface area contributed by atoms with Gasteiger partial charge in [0, 0.05) is 6.42 Å². The molecule has 0 bridgehead atoms. The molecule has 0 spiro atoms. The molecule has 0 saturated heterocycles. The highest BCUT2D eigenvalue weighted by Gasteiger charge is 1.94. The summed E-state index contributed by atoms with van der Waals surface area (Å²) in [6, 6.07) is 0. The molecule has 0 unspecified atom stereocenters. The SMILES string of the molecule is CCCCCCCCCCCCCCC/C=C/CCCCC(N)=O. The van der Waals surface area contributed by atoms with Gasteiger partial charge in [-0.05, 0) is 32.1 Å². The minimum atomic E-state index is -0.175. The average molecular weight is 338 g/mol. The van der Waals surface area contributed by atoms with Gasteiger partial charge in [0.1, 0.15) is 0 Å². The number of unbranched alkanes of at least 4 members (excludes halogenated alkanes) is 15. The third-order valence-electron chi connectivity index (χ3n) is 4.68. The first-order chi connectivity index (χ1) is 11.8. The fourth-order valence-electron chi connectivity index (χ4n) is 3.08. The molecule has 2 heteroatoms. The van der Waals surface area contributed by atoms with Gasteiger partial charge in [0.05, 0.1) is 0 Å². The maximum Gasteiger partial charge on any atom is 0.217 e. The first-order valence-electron chi connectivity index (χ1n) is 10.7. The molecule has 0 fully saturated rings. The molecule has 2 nitrogen and oxygen atoms in total. The maximum atomic E-state index is 10.6. The zero-order valence-electron chi connectivity index (χ0n) is 16.4. The fraction of sp³-hybridized carbons (Fsp3) is 0.864. The highest BCUT2D eigenvalue weighted by molar-refractivity contribution is 5.73. The van der Waals surface area contributed by atoms with E-state index in [4.69, 9.17) is 5.73 Å². The Labute approximate surface area is 151 Å². The summed E-state index contributed by atoms with van der Waals surface area (Å²) in [5.41, 5.74) is 5.11. The molecule has 0 aromatic heterocycles. The predicted octanol–water partition coefficient (Wildman–Crippen LogP) is 7.07. The van der Waals surface area contributed by atoms with Crippen LogP contribution in [0.4, 0.5) is 0 Å². The quantitative estimate of drug-likeness (QED) is 0.199. The lowest BCUT2D eigenvalue weighted by atomic mass is 10.0. The summed E-state index contributed by atoms with van der Waals surface area (Å²) >= 11 is 0. The molecule has 0 radical (unpaired) electrons. The Morgan fingerprint density at radius 1 is 0.625 bits per heavy atom. The summed E-state index contributed by atoms with van der Waals surface area (Å²) in [7, 11) is 0. The van der Waals surface area contributed by atoms with Gasteiger partial charge >= 0.3 is 0 Å². The van der Waals surface area contributed by atoms with Gasteiger partial charge in [-0.25, -0.2) is 0 Å². The van der Waals surface area contributed by atoms with E-state index in [9.17, 15) is 4.79 Å². The van der Waals surface area contributed by atoms with Crippen molar-refractivity contribution in [3.63, 3.8) is 0 Å². The summed E-state index contributed by atoms with van der Waals surface area (Å²) in [5, 5.41) is 0.